The first-order valence-electron chi connectivity index (χ1n) is 4.20. The Morgan fingerprint density at radius 2 is 2.08 bits per heavy atom. The van der Waals surface area contributed by atoms with Crippen molar-refractivity contribution in [1.29, 1.82) is 0 Å². The third kappa shape index (κ3) is 1.01. The van der Waals surface area contributed by atoms with E-state index in [1.807, 2.05) is 13.8 Å². The lowest BCUT2D eigenvalue weighted by atomic mass is 10.1. The number of aliphatic hydroxyl groups is 1. The van der Waals surface area contributed by atoms with Gasteiger partial charge in [-0.1, -0.05) is 0 Å². The van der Waals surface area contributed by atoms with Crippen molar-refractivity contribution in [3.05, 3.63) is 22.8 Å². The minimum absolute atomic E-state index is 0.333. The zero-order chi connectivity index (χ0) is 8.72. The van der Waals surface area contributed by atoms with E-state index in [1.165, 1.54) is 0 Å². The second kappa shape index (κ2) is 2.52. The summed E-state index contributed by atoms with van der Waals surface area (Å²) < 4.78 is 0. The molecule has 3 heteroatoms. The van der Waals surface area contributed by atoms with Crippen molar-refractivity contribution in [3.8, 4) is 0 Å². The van der Waals surface area contributed by atoms with E-state index >= 15 is 0 Å². The molecule has 0 saturated heterocycles. The Morgan fingerprint density at radius 3 is 2.83 bits per heavy atom. The highest BCUT2D eigenvalue weighted by Gasteiger charge is 2.24. The SMILES string of the molecule is Cc1nc(C)c2c(n1)CCC2O. The first kappa shape index (κ1) is 7.68. The minimum Gasteiger partial charge on any atom is -0.388 e. The third-order valence-electron chi connectivity index (χ3n) is 2.31. The molecule has 3 nitrogen and oxygen atoms in total. The van der Waals surface area contributed by atoms with Crippen LogP contribution in [-0.4, -0.2) is 15.1 Å². The summed E-state index contributed by atoms with van der Waals surface area (Å²) in [5.41, 5.74) is 2.93. The normalized spacial score (nSPS) is 21.1. The third-order valence-corrected chi connectivity index (χ3v) is 2.31. The Bertz CT molecular complexity index is 323. The number of nitrogens with zero attached hydrogens (tertiary/aromatic N) is 2. The van der Waals surface area contributed by atoms with Gasteiger partial charge in [-0.25, -0.2) is 9.97 Å². The molecule has 1 aromatic heterocycles. The first-order chi connectivity index (χ1) is 5.68. The molecule has 64 valence electrons. The number of aromatic nitrogens is 2. The summed E-state index contributed by atoms with van der Waals surface area (Å²) in [6.45, 7) is 3.82. The number of fused-ring (bicyclic) bond motifs is 1. The highest BCUT2D eigenvalue weighted by molar-refractivity contribution is 5.31. The van der Waals surface area contributed by atoms with Gasteiger partial charge in [0.25, 0.3) is 0 Å². The average Bonchev–Trinajstić information content (AvgIpc) is 2.31. The van der Waals surface area contributed by atoms with Gasteiger partial charge in [-0.15, -0.1) is 0 Å². The number of aryl methyl sites for hydroxylation is 3. The van der Waals surface area contributed by atoms with Crippen LogP contribution in [0.15, 0.2) is 0 Å². The molecule has 1 aromatic rings. The minimum atomic E-state index is -0.333. The van der Waals surface area contributed by atoms with E-state index in [0.29, 0.717) is 0 Å². The Labute approximate surface area is 71.5 Å². The molecule has 1 heterocycles. The Balaban J connectivity index is 2.60. The molecule has 1 unspecified atom stereocenters. The molecule has 0 radical (unpaired) electrons. The van der Waals surface area contributed by atoms with Crippen molar-refractivity contribution in [1.82, 2.24) is 9.97 Å². The molecule has 1 N–H and O–H groups in total. The lowest BCUT2D eigenvalue weighted by Gasteiger charge is -2.06. The molecule has 0 aromatic carbocycles. The topological polar surface area (TPSA) is 46.0 Å². The predicted octanol–water partition coefficient (Wildman–Crippen LogP) is 1.07. The van der Waals surface area contributed by atoms with Crippen LogP contribution in [0.25, 0.3) is 0 Å². The molecular weight excluding hydrogens is 152 g/mol. The largest absolute Gasteiger partial charge is 0.388 e. The van der Waals surface area contributed by atoms with Crippen LogP contribution in [0.2, 0.25) is 0 Å². The van der Waals surface area contributed by atoms with Crippen LogP contribution in [0.3, 0.4) is 0 Å². The van der Waals surface area contributed by atoms with Gasteiger partial charge in [-0.2, -0.15) is 0 Å². The molecule has 0 bridgehead atoms. The van der Waals surface area contributed by atoms with E-state index in [-0.39, 0.29) is 6.10 Å². The maximum atomic E-state index is 9.57. The van der Waals surface area contributed by atoms with Gasteiger partial charge in [0.15, 0.2) is 0 Å². The molecule has 1 aliphatic carbocycles. The van der Waals surface area contributed by atoms with E-state index in [1.54, 1.807) is 0 Å². The van der Waals surface area contributed by atoms with Crippen molar-refractivity contribution in [2.24, 2.45) is 0 Å². The fourth-order valence-corrected chi connectivity index (χ4v) is 1.83. The van der Waals surface area contributed by atoms with Crippen molar-refractivity contribution < 1.29 is 5.11 Å². The fourth-order valence-electron chi connectivity index (χ4n) is 1.83. The van der Waals surface area contributed by atoms with E-state index in [0.717, 1.165) is 35.6 Å². The maximum Gasteiger partial charge on any atom is 0.125 e. The number of aliphatic hydroxyl groups excluding tert-OH is 1. The molecule has 0 spiro atoms. The van der Waals surface area contributed by atoms with Gasteiger partial charge in [0, 0.05) is 11.3 Å². The van der Waals surface area contributed by atoms with Crippen molar-refractivity contribution in [2.75, 3.05) is 0 Å². The molecule has 2 rings (SSSR count). The zero-order valence-electron chi connectivity index (χ0n) is 7.33. The summed E-state index contributed by atoms with van der Waals surface area (Å²) in [6.07, 6.45) is 1.36. The first-order valence-corrected chi connectivity index (χ1v) is 4.20. The summed E-state index contributed by atoms with van der Waals surface area (Å²) >= 11 is 0. The van der Waals surface area contributed by atoms with E-state index in [2.05, 4.69) is 9.97 Å². The molecule has 1 atom stereocenters. The van der Waals surface area contributed by atoms with Gasteiger partial charge in [0.1, 0.15) is 5.82 Å². The number of rotatable bonds is 0. The summed E-state index contributed by atoms with van der Waals surface area (Å²) in [6, 6.07) is 0. The van der Waals surface area contributed by atoms with Crippen LogP contribution >= 0.6 is 0 Å². The standard InChI is InChI=1S/C9H12N2O/c1-5-9-7(3-4-8(9)12)11-6(2)10-5/h8,12H,3-4H2,1-2H3. The van der Waals surface area contributed by atoms with Gasteiger partial charge in [0.2, 0.25) is 0 Å². The van der Waals surface area contributed by atoms with E-state index in [4.69, 9.17) is 0 Å². The lowest BCUT2D eigenvalue weighted by Crippen LogP contribution is -2.01. The van der Waals surface area contributed by atoms with Gasteiger partial charge in [-0.05, 0) is 26.7 Å². The monoisotopic (exact) mass is 164 g/mol. The number of hydrogen-bond acceptors (Lipinski definition) is 3. The Morgan fingerprint density at radius 1 is 1.33 bits per heavy atom. The summed E-state index contributed by atoms with van der Waals surface area (Å²) in [4.78, 5) is 8.52. The summed E-state index contributed by atoms with van der Waals surface area (Å²) in [7, 11) is 0. The van der Waals surface area contributed by atoms with Gasteiger partial charge < -0.3 is 5.11 Å². The highest BCUT2D eigenvalue weighted by atomic mass is 16.3. The van der Waals surface area contributed by atoms with Crippen LogP contribution in [0.4, 0.5) is 0 Å². The van der Waals surface area contributed by atoms with Crippen molar-refractivity contribution in [2.45, 2.75) is 32.8 Å². The Kier molecular flexibility index (Phi) is 1.61. The van der Waals surface area contributed by atoms with Gasteiger partial charge in [-0.3, -0.25) is 0 Å². The van der Waals surface area contributed by atoms with Crippen molar-refractivity contribution in [3.63, 3.8) is 0 Å². The summed E-state index contributed by atoms with van der Waals surface area (Å²) in [5.74, 6) is 0.806. The summed E-state index contributed by atoms with van der Waals surface area (Å²) in [5, 5.41) is 9.57. The van der Waals surface area contributed by atoms with Crippen LogP contribution in [0.5, 0.6) is 0 Å². The van der Waals surface area contributed by atoms with Crippen LogP contribution < -0.4 is 0 Å². The molecule has 0 aliphatic heterocycles. The second-order valence-corrected chi connectivity index (χ2v) is 3.27. The molecule has 0 amide bonds. The average molecular weight is 164 g/mol. The highest BCUT2D eigenvalue weighted by Crippen LogP contribution is 2.31. The van der Waals surface area contributed by atoms with Crippen LogP contribution in [0, 0.1) is 13.8 Å². The Hall–Kier alpha value is -0.960. The van der Waals surface area contributed by atoms with Crippen LogP contribution in [0.1, 0.15) is 35.3 Å². The maximum absolute atomic E-state index is 9.57. The van der Waals surface area contributed by atoms with Crippen LogP contribution in [-0.2, 0) is 6.42 Å². The van der Waals surface area contributed by atoms with Gasteiger partial charge in [0.05, 0.1) is 11.8 Å². The predicted molar refractivity (Wildman–Crippen MR) is 44.8 cm³/mol. The van der Waals surface area contributed by atoms with Crippen molar-refractivity contribution >= 4 is 0 Å². The van der Waals surface area contributed by atoms with Gasteiger partial charge >= 0.3 is 0 Å². The fraction of sp³-hybridized carbons (Fsp3) is 0.556. The smallest absolute Gasteiger partial charge is 0.125 e. The van der Waals surface area contributed by atoms with E-state index < -0.39 is 0 Å². The van der Waals surface area contributed by atoms with E-state index in [9.17, 15) is 5.11 Å². The quantitative estimate of drug-likeness (QED) is 0.624. The molecule has 0 fully saturated rings. The molecule has 12 heavy (non-hydrogen) atoms. The molecule has 0 saturated carbocycles. The number of hydrogen-bond donors (Lipinski definition) is 1. The molecule has 1 aliphatic rings. The molecular formula is C9H12N2O. The second-order valence-electron chi connectivity index (χ2n) is 3.27. The zero-order valence-corrected chi connectivity index (χ0v) is 7.33. The lowest BCUT2D eigenvalue weighted by molar-refractivity contribution is 0.179.